The average Bonchev–Trinajstić information content (AvgIpc) is 2.73. The number of hydrogen-bond acceptors (Lipinski definition) is 4. The molecule has 0 saturated heterocycles. The number of rotatable bonds is 5. The van der Waals surface area contributed by atoms with Crippen molar-refractivity contribution in [3.63, 3.8) is 0 Å². The van der Waals surface area contributed by atoms with E-state index in [4.69, 9.17) is 9.72 Å². The van der Waals surface area contributed by atoms with Gasteiger partial charge in [0.15, 0.2) is 5.82 Å². The third-order valence-electron chi connectivity index (χ3n) is 4.66. The van der Waals surface area contributed by atoms with Gasteiger partial charge in [0.1, 0.15) is 5.60 Å². The maximum atomic E-state index is 6.18. The van der Waals surface area contributed by atoms with E-state index in [1.807, 2.05) is 13.2 Å². The first kappa shape index (κ1) is 16.4. The highest BCUT2D eigenvalue weighted by atomic mass is 16.5. The molecule has 0 aromatic carbocycles. The van der Waals surface area contributed by atoms with E-state index in [1.54, 1.807) is 0 Å². The third-order valence-corrected chi connectivity index (χ3v) is 4.66. The second-order valence-corrected chi connectivity index (χ2v) is 6.09. The van der Waals surface area contributed by atoms with Gasteiger partial charge >= 0.3 is 0 Å². The molecule has 1 saturated carbocycles. The summed E-state index contributed by atoms with van der Waals surface area (Å²) in [5, 5.41) is 3.25. The van der Waals surface area contributed by atoms with E-state index < -0.39 is 0 Å². The first-order valence-electron chi connectivity index (χ1n) is 8.28. The zero-order valence-corrected chi connectivity index (χ0v) is 13.9. The van der Waals surface area contributed by atoms with Crippen molar-refractivity contribution in [2.75, 3.05) is 13.7 Å². The van der Waals surface area contributed by atoms with E-state index in [2.05, 4.69) is 31.1 Å². The van der Waals surface area contributed by atoms with Gasteiger partial charge in [-0.1, -0.05) is 25.7 Å². The van der Waals surface area contributed by atoms with Crippen molar-refractivity contribution < 1.29 is 4.74 Å². The molecule has 0 aliphatic heterocycles. The van der Waals surface area contributed by atoms with E-state index in [-0.39, 0.29) is 11.6 Å². The largest absolute Gasteiger partial charge is 0.367 e. The minimum Gasteiger partial charge on any atom is -0.367 e. The standard InChI is InChI=1S/C17H29N3O/c1-5-21-17(10-8-6-7-9-11-17)16-19-12-15(13(2)18-4)14(3)20-16/h12-13,18H,5-11H2,1-4H3. The van der Waals surface area contributed by atoms with E-state index in [9.17, 15) is 0 Å². The minimum atomic E-state index is -0.266. The van der Waals surface area contributed by atoms with Crippen LogP contribution in [0.15, 0.2) is 6.20 Å². The molecule has 1 atom stereocenters. The number of aromatic nitrogens is 2. The van der Waals surface area contributed by atoms with E-state index in [0.717, 1.165) is 31.0 Å². The highest BCUT2D eigenvalue weighted by Crippen LogP contribution is 2.38. The van der Waals surface area contributed by atoms with E-state index >= 15 is 0 Å². The Morgan fingerprint density at radius 1 is 1.29 bits per heavy atom. The zero-order valence-electron chi connectivity index (χ0n) is 13.9. The maximum absolute atomic E-state index is 6.18. The molecule has 118 valence electrons. The van der Waals surface area contributed by atoms with Gasteiger partial charge in [0.25, 0.3) is 0 Å². The maximum Gasteiger partial charge on any atom is 0.160 e. The summed E-state index contributed by atoms with van der Waals surface area (Å²) in [6, 6.07) is 0.274. The number of hydrogen-bond donors (Lipinski definition) is 1. The van der Waals surface area contributed by atoms with Crippen LogP contribution < -0.4 is 5.32 Å². The van der Waals surface area contributed by atoms with Crippen LogP contribution in [0, 0.1) is 6.92 Å². The molecule has 0 bridgehead atoms. The van der Waals surface area contributed by atoms with Crippen LogP contribution in [0.5, 0.6) is 0 Å². The second kappa shape index (κ2) is 7.32. The molecule has 0 spiro atoms. The monoisotopic (exact) mass is 291 g/mol. The molecule has 0 amide bonds. The van der Waals surface area contributed by atoms with Crippen LogP contribution in [0.2, 0.25) is 0 Å². The Hall–Kier alpha value is -1.00. The summed E-state index contributed by atoms with van der Waals surface area (Å²) in [7, 11) is 1.96. The lowest BCUT2D eigenvalue weighted by molar-refractivity contribution is -0.0625. The van der Waals surface area contributed by atoms with E-state index in [0.29, 0.717) is 0 Å². The lowest BCUT2D eigenvalue weighted by Crippen LogP contribution is -2.32. The minimum absolute atomic E-state index is 0.266. The molecule has 1 fully saturated rings. The summed E-state index contributed by atoms with van der Waals surface area (Å²) in [5.74, 6) is 0.885. The van der Waals surface area contributed by atoms with Crippen molar-refractivity contribution in [1.29, 1.82) is 0 Å². The van der Waals surface area contributed by atoms with Gasteiger partial charge in [-0.3, -0.25) is 0 Å². The van der Waals surface area contributed by atoms with Crippen LogP contribution in [0.25, 0.3) is 0 Å². The smallest absolute Gasteiger partial charge is 0.160 e. The Bertz CT molecular complexity index is 453. The SMILES string of the molecule is CCOC1(c2ncc(C(C)NC)c(C)n2)CCCCCC1. The summed E-state index contributed by atoms with van der Waals surface area (Å²) in [6.07, 6.45) is 9.06. The average molecular weight is 291 g/mol. The predicted octanol–water partition coefficient (Wildman–Crippen LogP) is 3.65. The lowest BCUT2D eigenvalue weighted by atomic mass is 9.92. The Balaban J connectivity index is 2.34. The van der Waals surface area contributed by atoms with Gasteiger partial charge in [-0.15, -0.1) is 0 Å². The van der Waals surface area contributed by atoms with Crippen LogP contribution in [-0.2, 0) is 10.3 Å². The number of ether oxygens (including phenoxy) is 1. The van der Waals surface area contributed by atoms with Crippen molar-refractivity contribution in [2.24, 2.45) is 0 Å². The summed E-state index contributed by atoms with van der Waals surface area (Å²) in [5.41, 5.74) is 1.96. The number of nitrogens with one attached hydrogen (secondary N) is 1. The van der Waals surface area contributed by atoms with Crippen LogP contribution in [0.4, 0.5) is 0 Å². The predicted molar refractivity (Wildman–Crippen MR) is 85.2 cm³/mol. The molecule has 1 aliphatic rings. The summed E-state index contributed by atoms with van der Waals surface area (Å²) >= 11 is 0. The fourth-order valence-corrected chi connectivity index (χ4v) is 3.28. The molecule has 21 heavy (non-hydrogen) atoms. The number of nitrogens with zero attached hydrogens (tertiary/aromatic N) is 2. The van der Waals surface area contributed by atoms with Crippen molar-refractivity contribution in [3.05, 3.63) is 23.3 Å². The molecule has 1 aromatic heterocycles. The molecule has 1 unspecified atom stereocenters. The first-order valence-corrected chi connectivity index (χ1v) is 8.28. The van der Waals surface area contributed by atoms with Gasteiger partial charge < -0.3 is 10.1 Å². The molecule has 2 rings (SSSR count). The molecule has 1 N–H and O–H groups in total. The Morgan fingerprint density at radius 3 is 2.48 bits per heavy atom. The van der Waals surface area contributed by atoms with Gasteiger partial charge in [-0.05, 0) is 40.7 Å². The summed E-state index contributed by atoms with van der Waals surface area (Å²) < 4.78 is 6.18. The molecular formula is C17H29N3O. The normalized spacial score (nSPS) is 20.0. The van der Waals surface area contributed by atoms with Gasteiger partial charge in [0.2, 0.25) is 0 Å². The molecule has 4 heteroatoms. The van der Waals surface area contributed by atoms with Crippen molar-refractivity contribution in [2.45, 2.75) is 70.9 Å². The lowest BCUT2D eigenvalue weighted by Gasteiger charge is -2.31. The van der Waals surface area contributed by atoms with Crippen LogP contribution in [0.1, 0.15) is 75.5 Å². The fraction of sp³-hybridized carbons (Fsp3) is 0.765. The first-order chi connectivity index (χ1) is 10.1. The van der Waals surface area contributed by atoms with E-state index in [1.165, 1.54) is 31.2 Å². The summed E-state index contributed by atoms with van der Waals surface area (Å²) in [6.45, 7) is 6.99. The zero-order chi connectivity index (χ0) is 15.3. The fourth-order valence-electron chi connectivity index (χ4n) is 3.28. The topological polar surface area (TPSA) is 47.0 Å². The summed E-state index contributed by atoms with van der Waals surface area (Å²) in [4.78, 5) is 9.51. The molecule has 4 nitrogen and oxygen atoms in total. The number of aryl methyl sites for hydroxylation is 1. The molecule has 1 aliphatic carbocycles. The van der Waals surface area contributed by atoms with Crippen molar-refractivity contribution in [3.8, 4) is 0 Å². The van der Waals surface area contributed by atoms with Gasteiger partial charge in [-0.2, -0.15) is 0 Å². The Labute approximate surface area is 128 Å². The molecule has 1 heterocycles. The van der Waals surface area contributed by atoms with Gasteiger partial charge in [0.05, 0.1) is 0 Å². The quantitative estimate of drug-likeness (QED) is 0.841. The van der Waals surface area contributed by atoms with Crippen LogP contribution in [0.3, 0.4) is 0 Å². The second-order valence-electron chi connectivity index (χ2n) is 6.09. The highest BCUT2D eigenvalue weighted by molar-refractivity contribution is 5.21. The molecule has 1 aromatic rings. The molecule has 0 radical (unpaired) electrons. The Morgan fingerprint density at radius 2 is 1.95 bits per heavy atom. The van der Waals surface area contributed by atoms with Crippen LogP contribution >= 0.6 is 0 Å². The third kappa shape index (κ3) is 3.61. The molecular weight excluding hydrogens is 262 g/mol. The van der Waals surface area contributed by atoms with Gasteiger partial charge in [0, 0.05) is 30.1 Å². The van der Waals surface area contributed by atoms with Gasteiger partial charge in [-0.25, -0.2) is 9.97 Å². The van der Waals surface area contributed by atoms with Crippen LogP contribution in [-0.4, -0.2) is 23.6 Å². The van der Waals surface area contributed by atoms with Crippen molar-refractivity contribution in [1.82, 2.24) is 15.3 Å². The highest BCUT2D eigenvalue weighted by Gasteiger charge is 2.36. The Kier molecular flexibility index (Phi) is 5.71. The van der Waals surface area contributed by atoms with Crippen molar-refractivity contribution >= 4 is 0 Å².